The minimum Gasteiger partial charge on any atom is -0.480 e. The molecule has 1 aromatic rings. The van der Waals surface area contributed by atoms with Gasteiger partial charge in [-0.3, -0.25) is 9.59 Å². The summed E-state index contributed by atoms with van der Waals surface area (Å²) in [4.78, 5) is 24.7. The Bertz CT molecular complexity index is 731. The van der Waals surface area contributed by atoms with Crippen LogP contribution in [-0.4, -0.2) is 84.9 Å². The summed E-state index contributed by atoms with van der Waals surface area (Å²) in [5.74, 6) is -0.818. The van der Waals surface area contributed by atoms with E-state index in [2.05, 4.69) is 5.16 Å². The maximum absolute atomic E-state index is 12.3. The van der Waals surface area contributed by atoms with Crippen LogP contribution in [-0.2, 0) is 30.8 Å². The summed E-state index contributed by atoms with van der Waals surface area (Å²) < 4.78 is 34.7. The van der Waals surface area contributed by atoms with Gasteiger partial charge in [-0.1, -0.05) is 5.16 Å². The van der Waals surface area contributed by atoms with Crippen molar-refractivity contribution in [1.82, 2.24) is 14.4 Å². The van der Waals surface area contributed by atoms with Gasteiger partial charge in [0.05, 0.1) is 31.1 Å². The molecule has 11 heteroatoms. The number of sulfonamides is 1. The van der Waals surface area contributed by atoms with E-state index in [1.54, 1.807) is 17.9 Å². The highest BCUT2D eigenvalue weighted by Crippen LogP contribution is 2.12. The van der Waals surface area contributed by atoms with Crippen LogP contribution < -0.4 is 0 Å². The molecule has 1 amide bonds. The van der Waals surface area contributed by atoms with E-state index in [0.29, 0.717) is 18.0 Å². The molecule has 2 heterocycles. The Kier molecular flexibility index (Phi) is 6.14. The van der Waals surface area contributed by atoms with E-state index in [1.165, 1.54) is 0 Å². The number of ether oxygens (including phenoxy) is 1. The first kappa shape index (κ1) is 19.3. The molecule has 1 aliphatic heterocycles. The van der Waals surface area contributed by atoms with Gasteiger partial charge < -0.3 is 19.3 Å². The first-order chi connectivity index (χ1) is 11.6. The monoisotopic (exact) mass is 375 g/mol. The number of carboxylic acids is 1. The van der Waals surface area contributed by atoms with Crippen LogP contribution in [0.2, 0.25) is 0 Å². The number of aliphatic carboxylic acids is 1. The highest BCUT2D eigenvalue weighted by atomic mass is 32.2. The standard InChI is InChI=1S/C14H21N3O7S/c1-10-5-11(15-24-10)6-13(18)16-3-4-23-12(7-16)8-17(9-14(19)20)25(2,21)22/h5,12H,3-4,6-9H2,1-2H3,(H,19,20). The molecule has 0 spiro atoms. The molecule has 0 bridgehead atoms. The first-order valence-electron chi connectivity index (χ1n) is 7.63. The zero-order chi connectivity index (χ0) is 18.6. The molecule has 0 aliphatic carbocycles. The number of rotatable bonds is 7. The van der Waals surface area contributed by atoms with Crippen LogP contribution in [0, 0.1) is 6.92 Å². The Morgan fingerprint density at radius 3 is 2.76 bits per heavy atom. The maximum Gasteiger partial charge on any atom is 0.318 e. The number of aryl methyl sites for hydroxylation is 1. The van der Waals surface area contributed by atoms with Crippen molar-refractivity contribution in [3.8, 4) is 0 Å². The lowest BCUT2D eigenvalue weighted by Gasteiger charge is -2.34. The Morgan fingerprint density at radius 2 is 2.20 bits per heavy atom. The molecule has 0 aromatic carbocycles. The number of carbonyl (C=O) groups is 2. The molecule has 10 nitrogen and oxygen atoms in total. The Morgan fingerprint density at radius 1 is 1.48 bits per heavy atom. The van der Waals surface area contributed by atoms with Gasteiger partial charge >= 0.3 is 5.97 Å². The number of carboxylic acid groups (broad SMARTS) is 1. The molecule has 1 saturated heterocycles. The molecule has 25 heavy (non-hydrogen) atoms. The lowest BCUT2D eigenvalue weighted by Crippen LogP contribution is -2.51. The van der Waals surface area contributed by atoms with Crippen LogP contribution in [0.25, 0.3) is 0 Å². The number of hydrogen-bond donors (Lipinski definition) is 1. The number of amides is 1. The van der Waals surface area contributed by atoms with E-state index < -0.39 is 28.6 Å². The number of nitrogens with zero attached hydrogens (tertiary/aromatic N) is 3. The molecule has 0 saturated carbocycles. The first-order valence-corrected chi connectivity index (χ1v) is 9.48. The van der Waals surface area contributed by atoms with Gasteiger partial charge in [-0.25, -0.2) is 8.42 Å². The topological polar surface area (TPSA) is 130 Å². The summed E-state index contributed by atoms with van der Waals surface area (Å²) in [6.07, 6.45) is 0.426. The van der Waals surface area contributed by atoms with E-state index in [4.69, 9.17) is 14.4 Å². The minimum absolute atomic E-state index is 0.0783. The van der Waals surface area contributed by atoms with Gasteiger partial charge in [-0.2, -0.15) is 4.31 Å². The summed E-state index contributed by atoms with van der Waals surface area (Å²) in [5, 5.41) is 12.6. The SMILES string of the molecule is Cc1cc(CC(=O)N2CCOC(CN(CC(=O)O)S(C)(=O)=O)C2)no1. The second-order valence-electron chi connectivity index (χ2n) is 5.89. The fourth-order valence-corrected chi connectivity index (χ4v) is 3.30. The molecule has 1 fully saturated rings. The van der Waals surface area contributed by atoms with Gasteiger partial charge in [0.2, 0.25) is 15.9 Å². The molecule has 1 atom stereocenters. The predicted molar refractivity (Wildman–Crippen MR) is 85.3 cm³/mol. The summed E-state index contributed by atoms with van der Waals surface area (Å²) in [7, 11) is -3.70. The fourth-order valence-electron chi connectivity index (χ4n) is 2.52. The van der Waals surface area contributed by atoms with Crippen molar-refractivity contribution in [2.75, 3.05) is 39.0 Å². The van der Waals surface area contributed by atoms with Gasteiger partial charge in [0.25, 0.3) is 0 Å². The van der Waals surface area contributed by atoms with E-state index in [0.717, 1.165) is 10.6 Å². The molecule has 1 aliphatic rings. The van der Waals surface area contributed by atoms with Crippen molar-refractivity contribution in [1.29, 1.82) is 0 Å². The molecular weight excluding hydrogens is 354 g/mol. The third-order valence-corrected chi connectivity index (χ3v) is 4.90. The average Bonchev–Trinajstić information content (AvgIpc) is 2.90. The lowest BCUT2D eigenvalue weighted by atomic mass is 10.2. The maximum atomic E-state index is 12.3. The van der Waals surface area contributed by atoms with Crippen LogP contribution in [0.3, 0.4) is 0 Å². The van der Waals surface area contributed by atoms with Crippen molar-refractivity contribution in [3.63, 3.8) is 0 Å². The van der Waals surface area contributed by atoms with Crippen LogP contribution in [0.1, 0.15) is 11.5 Å². The van der Waals surface area contributed by atoms with Crippen LogP contribution in [0.15, 0.2) is 10.6 Å². The minimum atomic E-state index is -3.70. The van der Waals surface area contributed by atoms with E-state index in [9.17, 15) is 18.0 Å². The van der Waals surface area contributed by atoms with E-state index in [-0.39, 0.29) is 32.0 Å². The molecule has 1 aromatic heterocycles. The van der Waals surface area contributed by atoms with Crippen LogP contribution in [0.4, 0.5) is 0 Å². The number of carbonyl (C=O) groups excluding carboxylic acids is 1. The summed E-state index contributed by atoms with van der Waals surface area (Å²) in [6, 6.07) is 1.67. The van der Waals surface area contributed by atoms with Crippen molar-refractivity contribution >= 4 is 21.9 Å². The Labute approximate surface area is 145 Å². The number of morpholine rings is 1. The van der Waals surface area contributed by atoms with Crippen molar-refractivity contribution in [3.05, 3.63) is 17.5 Å². The van der Waals surface area contributed by atoms with Crippen LogP contribution in [0.5, 0.6) is 0 Å². The van der Waals surface area contributed by atoms with E-state index in [1.807, 2.05) is 0 Å². The summed E-state index contributed by atoms with van der Waals surface area (Å²) in [5.41, 5.74) is 0.522. The summed E-state index contributed by atoms with van der Waals surface area (Å²) in [6.45, 7) is 1.76. The Balaban J connectivity index is 1.97. The average molecular weight is 375 g/mol. The van der Waals surface area contributed by atoms with Gasteiger partial charge in [-0.15, -0.1) is 0 Å². The highest BCUT2D eigenvalue weighted by Gasteiger charge is 2.30. The normalized spacial score (nSPS) is 18.5. The molecular formula is C14H21N3O7S. The second-order valence-corrected chi connectivity index (χ2v) is 7.87. The van der Waals surface area contributed by atoms with Gasteiger partial charge in [0.1, 0.15) is 12.3 Å². The lowest BCUT2D eigenvalue weighted by molar-refractivity contribution is -0.141. The third-order valence-electron chi connectivity index (χ3n) is 3.69. The highest BCUT2D eigenvalue weighted by molar-refractivity contribution is 7.88. The zero-order valence-corrected chi connectivity index (χ0v) is 14.9. The molecule has 140 valence electrons. The fraction of sp³-hybridized carbons (Fsp3) is 0.643. The van der Waals surface area contributed by atoms with Gasteiger partial charge in [0.15, 0.2) is 0 Å². The number of aromatic nitrogens is 1. The van der Waals surface area contributed by atoms with Gasteiger partial charge in [-0.05, 0) is 6.92 Å². The molecule has 2 rings (SSSR count). The molecule has 1 unspecified atom stereocenters. The molecule has 0 radical (unpaired) electrons. The van der Waals surface area contributed by atoms with Crippen molar-refractivity contribution < 1.29 is 32.4 Å². The van der Waals surface area contributed by atoms with Crippen molar-refractivity contribution in [2.24, 2.45) is 0 Å². The zero-order valence-electron chi connectivity index (χ0n) is 14.0. The smallest absolute Gasteiger partial charge is 0.318 e. The van der Waals surface area contributed by atoms with Crippen LogP contribution >= 0.6 is 0 Å². The Hall–Kier alpha value is -1.98. The summed E-state index contributed by atoms with van der Waals surface area (Å²) >= 11 is 0. The quantitative estimate of drug-likeness (QED) is 0.649. The third kappa shape index (κ3) is 5.80. The number of hydrogen-bond acceptors (Lipinski definition) is 7. The van der Waals surface area contributed by atoms with E-state index >= 15 is 0 Å². The second kappa shape index (κ2) is 7.93. The van der Waals surface area contributed by atoms with Gasteiger partial charge in [0, 0.05) is 25.7 Å². The van der Waals surface area contributed by atoms with Crippen molar-refractivity contribution in [2.45, 2.75) is 19.4 Å². The predicted octanol–water partition coefficient (Wildman–Crippen LogP) is -0.901. The molecule has 1 N–H and O–H groups in total. The largest absolute Gasteiger partial charge is 0.480 e.